The molecule has 3 aromatic rings. The Hall–Kier alpha value is -2.78. The minimum absolute atomic E-state index is 0.261. The third kappa shape index (κ3) is 5.43. The van der Waals surface area contributed by atoms with Crippen molar-refractivity contribution in [3.63, 3.8) is 0 Å². The molecule has 1 amide bonds. The number of thiazole rings is 1. The van der Waals surface area contributed by atoms with Gasteiger partial charge in [0, 0.05) is 17.5 Å². The SMILES string of the molecule is Cc1ccc(Cc2cnc(NC(=O)CN(c3ccccc3C)S(C)(=O)=O)s2)cc1F. The van der Waals surface area contributed by atoms with Crippen LogP contribution in [-0.4, -0.2) is 32.1 Å². The zero-order chi connectivity index (χ0) is 21.9. The molecule has 0 radical (unpaired) electrons. The highest BCUT2D eigenvalue weighted by atomic mass is 32.2. The van der Waals surface area contributed by atoms with Crippen molar-refractivity contribution in [3.8, 4) is 0 Å². The number of anilines is 2. The van der Waals surface area contributed by atoms with Crippen molar-refractivity contribution in [1.29, 1.82) is 0 Å². The lowest BCUT2D eigenvalue weighted by Crippen LogP contribution is -2.37. The number of rotatable bonds is 7. The van der Waals surface area contributed by atoms with Gasteiger partial charge in [0.05, 0.1) is 11.9 Å². The first-order valence-corrected chi connectivity index (χ1v) is 11.8. The van der Waals surface area contributed by atoms with Crippen LogP contribution in [0.1, 0.15) is 21.6 Å². The number of para-hydroxylation sites is 1. The number of hydrogen-bond donors (Lipinski definition) is 1. The monoisotopic (exact) mass is 447 g/mol. The van der Waals surface area contributed by atoms with Crippen LogP contribution in [0.5, 0.6) is 0 Å². The fourth-order valence-corrected chi connectivity index (χ4v) is 4.68. The van der Waals surface area contributed by atoms with Crippen LogP contribution in [0, 0.1) is 19.7 Å². The highest BCUT2D eigenvalue weighted by Gasteiger charge is 2.22. The minimum atomic E-state index is -3.65. The number of halogens is 1. The van der Waals surface area contributed by atoms with Gasteiger partial charge < -0.3 is 5.32 Å². The lowest BCUT2D eigenvalue weighted by Gasteiger charge is -2.23. The van der Waals surface area contributed by atoms with E-state index in [-0.39, 0.29) is 12.4 Å². The third-order valence-corrected chi connectivity index (χ3v) is 6.53. The van der Waals surface area contributed by atoms with Crippen molar-refractivity contribution < 1.29 is 17.6 Å². The number of aromatic nitrogens is 1. The normalized spacial score (nSPS) is 11.3. The molecule has 1 heterocycles. The molecule has 1 N–H and O–H groups in total. The second-order valence-electron chi connectivity index (χ2n) is 7.00. The largest absolute Gasteiger partial charge is 0.300 e. The van der Waals surface area contributed by atoms with Crippen LogP contribution in [0.4, 0.5) is 15.2 Å². The molecular formula is C21H22FN3O3S2. The molecule has 1 aromatic heterocycles. The van der Waals surface area contributed by atoms with Gasteiger partial charge >= 0.3 is 0 Å². The van der Waals surface area contributed by atoms with E-state index in [0.29, 0.717) is 22.8 Å². The predicted molar refractivity (Wildman–Crippen MR) is 118 cm³/mol. The molecule has 9 heteroatoms. The first-order valence-electron chi connectivity index (χ1n) is 9.16. The summed E-state index contributed by atoms with van der Waals surface area (Å²) in [6.07, 6.45) is 3.17. The predicted octanol–water partition coefficient (Wildman–Crippen LogP) is 3.89. The van der Waals surface area contributed by atoms with Gasteiger partial charge in [0.1, 0.15) is 12.4 Å². The summed E-state index contributed by atoms with van der Waals surface area (Å²) >= 11 is 1.27. The molecule has 3 rings (SSSR count). The maximum absolute atomic E-state index is 13.7. The molecule has 0 fully saturated rings. The Morgan fingerprint density at radius 3 is 2.57 bits per heavy atom. The van der Waals surface area contributed by atoms with E-state index in [2.05, 4.69) is 10.3 Å². The van der Waals surface area contributed by atoms with Crippen molar-refractivity contribution in [2.24, 2.45) is 0 Å². The molecule has 0 aliphatic carbocycles. The molecule has 0 saturated carbocycles. The van der Waals surface area contributed by atoms with Gasteiger partial charge in [-0.05, 0) is 42.7 Å². The van der Waals surface area contributed by atoms with Gasteiger partial charge in [0.25, 0.3) is 0 Å². The Labute approximate surface area is 179 Å². The van der Waals surface area contributed by atoms with Gasteiger partial charge in [-0.2, -0.15) is 0 Å². The van der Waals surface area contributed by atoms with E-state index < -0.39 is 15.9 Å². The standard InChI is InChI=1S/C21H22FN3O3S2/c1-14-8-9-16(11-18(14)22)10-17-12-23-21(29-17)24-20(26)13-25(30(3,27)28)19-7-5-4-6-15(19)2/h4-9,11-12H,10,13H2,1-3H3,(H,23,24,26). The molecule has 2 aromatic carbocycles. The summed E-state index contributed by atoms with van der Waals surface area (Å²) in [7, 11) is -3.65. The molecule has 6 nitrogen and oxygen atoms in total. The average Bonchev–Trinajstić information content (AvgIpc) is 3.09. The number of carbonyl (C=O) groups excluding carboxylic acids is 1. The number of nitrogens with zero attached hydrogens (tertiary/aromatic N) is 2. The average molecular weight is 448 g/mol. The first-order chi connectivity index (χ1) is 14.1. The van der Waals surface area contributed by atoms with E-state index in [1.807, 2.05) is 6.07 Å². The summed E-state index contributed by atoms with van der Waals surface area (Å²) in [6, 6.07) is 12.0. The van der Waals surface area contributed by atoms with E-state index in [4.69, 9.17) is 0 Å². The Morgan fingerprint density at radius 2 is 1.90 bits per heavy atom. The van der Waals surface area contributed by atoms with Crippen molar-refractivity contribution in [3.05, 3.63) is 76.0 Å². The summed E-state index contributed by atoms with van der Waals surface area (Å²) in [5.74, 6) is -0.756. The van der Waals surface area contributed by atoms with Crippen molar-refractivity contribution in [2.75, 3.05) is 22.4 Å². The lowest BCUT2D eigenvalue weighted by atomic mass is 10.1. The Morgan fingerprint density at radius 1 is 1.17 bits per heavy atom. The Kier molecular flexibility index (Phi) is 6.52. The fraction of sp³-hybridized carbons (Fsp3) is 0.238. The number of hydrogen-bond acceptors (Lipinski definition) is 5. The van der Waals surface area contributed by atoms with E-state index in [1.165, 1.54) is 17.4 Å². The summed E-state index contributed by atoms with van der Waals surface area (Å²) in [6.45, 7) is 3.13. The van der Waals surface area contributed by atoms with Crippen LogP contribution >= 0.6 is 11.3 Å². The molecule has 0 aliphatic rings. The molecular weight excluding hydrogens is 425 g/mol. The molecule has 0 atom stereocenters. The summed E-state index contributed by atoms with van der Waals surface area (Å²) in [5, 5.41) is 3.01. The third-order valence-electron chi connectivity index (χ3n) is 4.49. The summed E-state index contributed by atoms with van der Waals surface area (Å²) in [5.41, 5.74) is 2.59. The smallest absolute Gasteiger partial charge is 0.246 e. The van der Waals surface area contributed by atoms with E-state index >= 15 is 0 Å². The summed E-state index contributed by atoms with van der Waals surface area (Å²) < 4.78 is 39.3. The van der Waals surface area contributed by atoms with E-state index in [1.54, 1.807) is 50.4 Å². The van der Waals surface area contributed by atoms with Crippen LogP contribution in [0.15, 0.2) is 48.7 Å². The van der Waals surface area contributed by atoms with Crippen LogP contribution in [0.3, 0.4) is 0 Å². The zero-order valence-corrected chi connectivity index (χ0v) is 18.5. The van der Waals surface area contributed by atoms with Crippen LogP contribution in [0.2, 0.25) is 0 Å². The number of sulfonamides is 1. The van der Waals surface area contributed by atoms with Crippen LogP contribution in [0.25, 0.3) is 0 Å². The van der Waals surface area contributed by atoms with Gasteiger partial charge in [0.2, 0.25) is 15.9 Å². The van der Waals surface area contributed by atoms with Crippen molar-refractivity contribution >= 4 is 38.1 Å². The maximum atomic E-state index is 13.7. The van der Waals surface area contributed by atoms with Crippen molar-refractivity contribution in [1.82, 2.24) is 4.98 Å². The molecule has 0 spiro atoms. The second kappa shape index (κ2) is 8.93. The molecule has 158 valence electrons. The van der Waals surface area contributed by atoms with Gasteiger partial charge in [-0.1, -0.05) is 30.3 Å². The van der Waals surface area contributed by atoms with Crippen molar-refractivity contribution in [2.45, 2.75) is 20.3 Å². The van der Waals surface area contributed by atoms with E-state index in [0.717, 1.165) is 26.6 Å². The van der Waals surface area contributed by atoms with Gasteiger partial charge in [-0.3, -0.25) is 9.10 Å². The van der Waals surface area contributed by atoms with E-state index in [9.17, 15) is 17.6 Å². The number of benzene rings is 2. The molecule has 30 heavy (non-hydrogen) atoms. The highest BCUT2D eigenvalue weighted by Crippen LogP contribution is 2.24. The quantitative estimate of drug-likeness (QED) is 0.596. The maximum Gasteiger partial charge on any atom is 0.246 e. The topological polar surface area (TPSA) is 79.4 Å². The Balaban J connectivity index is 1.69. The molecule has 0 aliphatic heterocycles. The van der Waals surface area contributed by atoms with Gasteiger partial charge in [-0.25, -0.2) is 17.8 Å². The fourth-order valence-electron chi connectivity index (χ4n) is 2.91. The number of amides is 1. The van der Waals surface area contributed by atoms with Crippen LogP contribution < -0.4 is 9.62 Å². The minimum Gasteiger partial charge on any atom is -0.300 e. The molecule has 0 saturated heterocycles. The van der Waals surface area contributed by atoms with Gasteiger partial charge in [0.15, 0.2) is 5.13 Å². The highest BCUT2D eigenvalue weighted by molar-refractivity contribution is 7.92. The van der Waals surface area contributed by atoms with Gasteiger partial charge in [-0.15, -0.1) is 11.3 Å². The molecule has 0 bridgehead atoms. The first kappa shape index (κ1) is 21.9. The number of aryl methyl sites for hydroxylation is 2. The summed E-state index contributed by atoms with van der Waals surface area (Å²) in [4.78, 5) is 17.5. The molecule has 0 unspecified atom stereocenters. The lowest BCUT2D eigenvalue weighted by molar-refractivity contribution is -0.114. The number of nitrogens with one attached hydrogen (secondary N) is 1. The second-order valence-corrected chi connectivity index (χ2v) is 10.0. The number of carbonyl (C=O) groups is 1. The zero-order valence-electron chi connectivity index (χ0n) is 16.8. The van der Waals surface area contributed by atoms with Crippen LogP contribution in [-0.2, 0) is 21.2 Å². The Bertz CT molecular complexity index is 1180.